The Morgan fingerprint density at radius 2 is 1.85 bits per heavy atom. The Hall–Kier alpha value is -2.40. The van der Waals surface area contributed by atoms with Gasteiger partial charge in [0, 0.05) is 0 Å². The van der Waals surface area contributed by atoms with Crippen molar-refractivity contribution in [1.29, 1.82) is 0 Å². The van der Waals surface area contributed by atoms with E-state index in [1.165, 1.54) is 18.2 Å². The molecule has 0 amide bonds. The molecule has 20 heavy (non-hydrogen) atoms. The molecule has 0 spiro atoms. The van der Waals surface area contributed by atoms with Gasteiger partial charge in [-0.2, -0.15) is 0 Å². The Kier molecular flexibility index (Phi) is 2.91. The summed E-state index contributed by atoms with van der Waals surface area (Å²) in [6.45, 7) is 0. The standard InChI is InChI=1S/C14H8ClFN2O2/c15-11-6-2-5-10-12(11)17-14(20)18(13(10)19)9-4-1-3-8(16)7-9/h1-7H,(H,17,20). The van der Waals surface area contributed by atoms with E-state index in [-0.39, 0.29) is 21.6 Å². The molecule has 1 aromatic heterocycles. The Morgan fingerprint density at radius 3 is 2.60 bits per heavy atom. The Labute approximate surface area is 117 Å². The molecule has 0 bridgehead atoms. The van der Waals surface area contributed by atoms with E-state index in [1.54, 1.807) is 18.2 Å². The largest absolute Gasteiger partial charge is 0.333 e. The minimum Gasteiger partial charge on any atom is -0.305 e. The van der Waals surface area contributed by atoms with Gasteiger partial charge in [-0.15, -0.1) is 0 Å². The number of hydrogen-bond donors (Lipinski definition) is 1. The Balaban J connectivity index is 2.44. The first kappa shape index (κ1) is 12.6. The van der Waals surface area contributed by atoms with Crippen LogP contribution < -0.4 is 11.2 Å². The SMILES string of the molecule is O=c1[nH]c2c(Cl)cccc2c(=O)n1-c1cccc(F)c1. The van der Waals surface area contributed by atoms with Crippen molar-refractivity contribution in [2.75, 3.05) is 0 Å². The highest BCUT2D eigenvalue weighted by Crippen LogP contribution is 2.17. The van der Waals surface area contributed by atoms with Crippen molar-refractivity contribution in [3.63, 3.8) is 0 Å². The average Bonchev–Trinajstić information content (AvgIpc) is 2.40. The van der Waals surface area contributed by atoms with Crippen molar-refractivity contribution in [2.24, 2.45) is 0 Å². The van der Waals surface area contributed by atoms with Crippen LogP contribution in [0.2, 0.25) is 5.02 Å². The van der Waals surface area contributed by atoms with Crippen LogP contribution in [-0.2, 0) is 0 Å². The van der Waals surface area contributed by atoms with Crippen molar-refractivity contribution in [3.8, 4) is 5.69 Å². The molecule has 3 rings (SSSR count). The molecule has 0 aliphatic carbocycles. The molecule has 0 atom stereocenters. The number of nitrogens with zero attached hydrogens (tertiary/aromatic N) is 1. The van der Waals surface area contributed by atoms with E-state index in [4.69, 9.17) is 11.6 Å². The van der Waals surface area contributed by atoms with Gasteiger partial charge in [0.15, 0.2) is 0 Å². The number of halogens is 2. The summed E-state index contributed by atoms with van der Waals surface area (Å²) in [6.07, 6.45) is 0. The maximum absolute atomic E-state index is 13.2. The van der Waals surface area contributed by atoms with Gasteiger partial charge < -0.3 is 4.98 Å². The lowest BCUT2D eigenvalue weighted by molar-refractivity contribution is 0.626. The molecular weight excluding hydrogens is 283 g/mol. The van der Waals surface area contributed by atoms with Gasteiger partial charge in [-0.3, -0.25) is 4.79 Å². The lowest BCUT2D eigenvalue weighted by atomic mass is 10.2. The molecule has 4 nitrogen and oxygen atoms in total. The van der Waals surface area contributed by atoms with E-state index < -0.39 is 17.1 Å². The molecule has 0 aliphatic heterocycles. The van der Waals surface area contributed by atoms with Gasteiger partial charge in [-0.1, -0.05) is 23.7 Å². The van der Waals surface area contributed by atoms with Gasteiger partial charge in [-0.05, 0) is 30.3 Å². The first-order valence-corrected chi connectivity index (χ1v) is 6.15. The summed E-state index contributed by atoms with van der Waals surface area (Å²) in [5.74, 6) is -0.528. The summed E-state index contributed by atoms with van der Waals surface area (Å²) >= 11 is 5.95. The number of nitrogens with one attached hydrogen (secondary N) is 1. The molecule has 2 aromatic carbocycles. The van der Waals surface area contributed by atoms with Crippen LogP contribution in [0.3, 0.4) is 0 Å². The van der Waals surface area contributed by atoms with E-state index in [2.05, 4.69) is 4.98 Å². The summed E-state index contributed by atoms with van der Waals surface area (Å²) in [4.78, 5) is 27.0. The van der Waals surface area contributed by atoms with Crippen LogP contribution in [0.15, 0.2) is 52.1 Å². The zero-order valence-electron chi connectivity index (χ0n) is 10.1. The number of para-hydroxylation sites is 1. The minimum absolute atomic E-state index is 0.165. The number of hydrogen-bond acceptors (Lipinski definition) is 2. The Bertz CT molecular complexity index is 930. The second-order valence-electron chi connectivity index (χ2n) is 4.21. The summed E-state index contributed by atoms with van der Waals surface area (Å²) in [5.41, 5.74) is -0.770. The fourth-order valence-corrected chi connectivity index (χ4v) is 2.28. The van der Waals surface area contributed by atoms with E-state index >= 15 is 0 Å². The Morgan fingerprint density at radius 1 is 1.10 bits per heavy atom. The predicted molar refractivity (Wildman–Crippen MR) is 75.1 cm³/mol. The highest BCUT2D eigenvalue weighted by Gasteiger charge is 2.11. The van der Waals surface area contributed by atoms with Crippen molar-refractivity contribution < 1.29 is 4.39 Å². The monoisotopic (exact) mass is 290 g/mol. The number of aromatic nitrogens is 2. The molecular formula is C14H8ClFN2O2. The first-order valence-electron chi connectivity index (χ1n) is 5.77. The third kappa shape index (κ3) is 1.92. The van der Waals surface area contributed by atoms with Gasteiger partial charge in [0.1, 0.15) is 5.82 Å². The van der Waals surface area contributed by atoms with Crippen LogP contribution >= 0.6 is 11.6 Å². The summed E-state index contributed by atoms with van der Waals surface area (Å²) in [5, 5.41) is 0.546. The van der Waals surface area contributed by atoms with Crippen molar-refractivity contribution in [2.45, 2.75) is 0 Å². The number of fused-ring (bicyclic) bond motifs is 1. The van der Waals surface area contributed by atoms with Crippen LogP contribution in [-0.4, -0.2) is 9.55 Å². The third-order valence-electron chi connectivity index (χ3n) is 2.95. The molecule has 1 heterocycles. The maximum atomic E-state index is 13.2. The third-order valence-corrected chi connectivity index (χ3v) is 3.26. The fourth-order valence-electron chi connectivity index (χ4n) is 2.05. The normalized spacial score (nSPS) is 10.9. The number of aromatic amines is 1. The van der Waals surface area contributed by atoms with Crippen molar-refractivity contribution in [1.82, 2.24) is 9.55 Å². The van der Waals surface area contributed by atoms with E-state index in [0.717, 1.165) is 10.6 Å². The van der Waals surface area contributed by atoms with Crippen molar-refractivity contribution in [3.05, 3.63) is 74.1 Å². The molecule has 0 saturated heterocycles. The molecule has 3 aromatic rings. The number of rotatable bonds is 1. The van der Waals surface area contributed by atoms with E-state index in [0.29, 0.717) is 0 Å². The van der Waals surface area contributed by atoms with Gasteiger partial charge in [0.25, 0.3) is 5.56 Å². The smallest absolute Gasteiger partial charge is 0.305 e. The van der Waals surface area contributed by atoms with Crippen LogP contribution in [0.25, 0.3) is 16.6 Å². The van der Waals surface area contributed by atoms with E-state index in [1.807, 2.05) is 0 Å². The highest BCUT2D eigenvalue weighted by molar-refractivity contribution is 6.34. The molecule has 0 fully saturated rings. The van der Waals surface area contributed by atoms with E-state index in [9.17, 15) is 14.0 Å². The fraction of sp³-hybridized carbons (Fsp3) is 0. The summed E-state index contributed by atoms with van der Waals surface area (Å²) in [7, 11) is 0. The average molecular weight is 291 g/mol. The first-order chi connectivity index (χ1) is 9.58. The minimum atomic E-state index is -0.666. The second-order valence-corrected chi connectivity index (χ2v) is 4.62. The number of H-pyrrole nitrogens is 1. The molecule has 0 aliphatic rings. The molecule has 0 saturated carbocycles. The lowest BCUT2D eigenvalue weighted by Crippen LogP contribution is -2.33. The van der Waals surface area contributed by atoms with Crippen LogP contribution in [0, 0.1) is 5.82 Å². The zero-order chi connectivity index (χ0) is 14.3. The zero-order valence-corrected chi connectivity index (χ0v) is 10.8. The van der Waals surface area contributed by atoms with Gasteiger partial charge in [0.05, 0.1) is 21.6 Å². The lowest BCUT2D eigenvalue weighted by Gasteiger charge is -2.07. The van der Waals surface area contributed by atoms with Crippen LogP contribution in [0.5, 0.6) is 0 Å². The predicted octanol–water partition coefficient (Wildman–Crippen LogP) is 2.47. The van der Waals surface area contributed by atoms with Gasteiger partial charge in [0.2, 0.25) is 0 Å². The molecule has 100 valence electrons. The second kappa shape index (κ2) is 4.61. The molecule has 0 unspecified atom stereocenters. The quantitative estimate of drug-likeness (QED) is 0.748. The van der Waals surface area contributed by atoms with Crippen molar-refractivity contribution >= 4 is 22.5 Å². The number of benzene rings is 2. The van der Waals surface area contributed by atoms with Gasteiger partial charge in [-0.25, -0.2) is 13.8 Å². The molecule has 1 N–H and O–H groups in total. The topological polar surface area (TPSA) is 54.9 Å². The van der Waals surface area contributed by atoms with Crippen LogP contribution in [0.1, 0.15) is 0 Å². The van der Waals surface area contributed by atoms with Crippen LogP contribution in [0.4, 0.5) is 4.39 Å². The molecule has 0 radical (unpaired) electrons. The highest BCUT2D eigenvalue weighted by atomic mass is 35.5. The molecule has 6 heteroatoms. The summed E-state index contributed by atoms with van der Waals surface area (Å²) < 4.78 is 14.1. The maximum Gasteiger partial charge on any atom is 0.333 e. The van der Waals surface area contributed by atoms with Gasteiger partial charge >= 0.3 is 5.69 Å². The summed E-state index contributed by atoms with van der Waals surface area (Å²) in [6, 6.07) is 10.0.